The van der Waals surface area contributed by atoms with Gasteiger partial charge in [-0.1, -0.05) is 6.92 Å². The van der Waals surface area contributed by atoms with Gasteiger partial charge in [0.05, 0.1) is 6.54 Å². The number of nitrogens with zero attached hydrogens (tertiary/aromatic N) is 3. The zero-order valence-corrected chi connectivity index (χ0v) is 21.7. The van der Waals surface area contributed by atoms with E-state index in [-0.39, 0.29) is 41.9 Å². The van der Waals surface area contributed by atoms with E-state index in [2.05, 4.69) is 27.4 Å². The van der Waals surface area contributed by atoms with Crippen molar-refractivity contribution in [2.24, 2.45) is 16.6 Å². The summed E-state index contributed by atoms with van der Waals surface area (Å²) in [5.74, 6) is 0.699. The van der Waals surface area contributed by atoms with E-state index in [1.54, 1.807) is 11.9 Å². The predicted molar refractivity (Wildman–Crippen MR) is 131 cm³/mol. The third-order valence-electron chi connectivity index (χ3n) is 4.50. The van der Waals surface area contributed by atoms with Crippen LogP contribution in [0.1, 0.15) is 47.5 Å². The number of hydrogen-bond donors (Lipinski definition) is 3. The van der Waals surface area contributed by atoms with E-state index in [9.17, 15) is 9.59 Å². The van der Waals surface area contributed by atoms with Crippen LogP contribution in [0.25, 0.3) is 0 Å². The SMILES string of the molecule is CCNC(=NCC(C)CN(C)C(=O)OC(C)(C)C)NC1CCN(CC(N)=O)CC1.I. The van der Waals surface area contributed by atoms with Crippen LogP contribution in [0.4, 0.5) is 4.79 Å². The van der Waals surface area contributed by atoms with Crippen molar-refractivity contribution in [3.63, 3.8) is 0 Å². The molecular weight excluding hydrogens is 499 g/mol. The van der Waals surface area contributed by atoms with E-state index in [1.807, 2.05) is 27.7 Å². The normalized spacial score (nSPS) is 16.9. The van der Waals surface area contributed by atoms with E-state index >= 15 is 0 Å². The van der Waals surface area contributed by atoms with Crippen LogP contribution < -0.4 is 16.4 Å². The van der Waals surface area contributed by atoms with Gasteiger partial charge < -0.3 is 26.0 Å². The molecule has 1 heterocycles. The van der Waals surface area contributed by atoms with Crippen molar-refractivity contribution >= 4 is 41.9 Å². The van der Waals surface area contributed by atoms with E-state index < -0.39 is 5.60 Å². The van der Waals surface area contributed by atoms with Gasteiger partial charge in [0, 0.05) is 45.8 Å². The number of nitrogens with one attached hydrogen (secondary N) is 2. The molecular formula is C20H41IN6O3. The molecule has 0 bridgehead atoms. The van der Waals surface area contributed by atoms with Gasteiger partial charge in [0.25, 0.3) is 0 Å². The van der Waals surface area contributed by atoms with Crippen molar-refractivity contribution in [1.29, 1.82) is 0 Å². The Morgan fingerprint density at radius 1 is 1.30 bits per heavy atom. The van der Waals surface area contributed by atoms with Crippen molar-refractivity contribution in [3.8, 4) is 0 Å². The molecule has 10 heteroatoms. The molecule has 0 aromatic rings. The number of aliphatic imine (C=N–C) groups is 1. The number of carbonyl (C=O) groups is 2. The predicted octanol–water partition coefficient (Wildman–Crippen LogP) is 1.61. The van der Waals surface area contributed by atoms with E-state index in [1.165, 1.54) is 0 Å². The third-order valence-corrected chi connectivity index (χ3v) is 4.50. The Bertz CT molecular complexity index is 559. The highest BCUT2D eigenvalue weighted by Crippen LogP contribution is 2.11. The standard InChI is InChI=1S/C20H40N6O3.HI/c1-7-22-18(24-16-8-10-26(11-9-16)14-17(21)27)23-12-15(2)13-25(6)19(28)29-20(3,4)5;/h15-16H,7-14H2,1-6H3,(H2,21,27)(H2,22,23,24);1H. The van der Waals surface area contributed by atoms with Gasteiger partial charge in [-0.3, -0.25) is 14.7 Å². The number of hydrogen-bond acceptors (Lipinski definition) is 5. The van der Waals surface area contributed by atoms with Crippen LogP contribution >= 0.6 is 24.0 Å². The number of halogens is 1. The Morgan fingerprint density at radius 3 is 2.40 bits per heavy atom. The molecule has 4 N–H and O–H groups in total. The zero-order chi connectivity index (χ0) is 22.0. The Balaban J connectivity index is 0.00000841. The minimum absolute atomic E-state index is 0. The van der Waals surface area contributed by atoms with Crippen LogP contribution in [-0.2, 0) is 9.53 Å². The number of rotatable bonds is 8. The fourth-order valence-electron chi connectivity index (χ4n) is 3.16. The summed E-state index contributed by atoms with van der Waals surface area (Å²) in [6.45, 7) is 13.6. The van der Waals surface area contributed by atoms with Crippen molar-refractivity contribution in [2.45, 2.75) is 59.1 Å². The molecule has 1 fully saturated rings. The maximum Gasteiger partial charge on any atom is 0.410 e. The summed E-state index contributed by atoms with van der Waals surface area (Å²) in [6.07, 6.45) is 1.56. The van der Waals surface area contributed by atoms with Crippen LogP contribution in [0.5, 0.6) is 0 Å². The van der Waals surface area contributed by atoms with Gasteiger partial charge in [0.2, 0.25) is 5.91 Å². The first kappa shape index (κ1) is 28.7. The molecule has 1 aliphatic rings. The Morgan fingerprint density at radius 2 is 1.90 bits per heavy atom. The second-order valence-corrected chi connectivity index (χ2v) is 8.85. The monoisotopic (exact) mass is 540 g/mol. The number of piperidine rings is 1. The summed E-state index contributed by atoms with van der Waals surface area (Å²) in [5.41, 5.74) is 4.77. The fourth-order valence-corrected chi connectivity index (χ4v) is 3.16. The number of nitrogens with two attached hydrogens (primary N) is 1. The first-order chi connectivity index (χ1) is 13.5. The lowest BCUT2D eigenvalue weighted by molar-refractivity contribution is -0.119. The van der Waals surface area contributed by atoms with E-state index in [0.717, 1.165) is 38.4 Å². The minimum Gasteiger partial charge on any atom is -0.444 e. The third kappa shape index (κ3) is 12.4. The van der Waals surface area contributed by atoms with Crippen LogP contribution in [0.3, 0.4) is 0 Å². The maximum atomic E-state index is 12.1. The average molecular weight is 540 g/mol. The summed E-state index contributed by atoms with van der Waals surface area (Å²) in [7, 11) is 1.75. The molecule has 0 radical (unpaired) electrons. The number of ether oxygens (including phenoxy) is 1. The molecule has 0 aromatic heterocycles. The minimum atomic E-state index is -0.498. The van der Waals surface area contributed by atoms with Crippen molar-refractivity contribution in [2.75, 3.05) is 46.3 Å². The summed E-state index contributed by atoms with van der Waals surface area (Å²) >= 11 is 0. The topological polar surface area (TPSA) is 112 Å². The summed E-state index contributed by atoms with van der Waals surface area (Å²) < 4.78 is 5.39. The van der Waals surface area contributed by atoms with Crippen LogP contribution in [-0.4, -0.2) is 85.7 Å². The molecule has 1 rings (SSSR count). The highest BCUT2D eigenvalue weighted by atomic mass is 127. The maximum absolute atomic E-state index is 12.1. The number of likely N-dealkylation sites (tertiary alicyclic amines) is 1. The molecule has 1 aliphatic heterocycles. The Labute approximate surface area is 198 Å². The number of guanidine groups is 1. The lowest BCUT2D eigenvalue weighted by atomic mass is 10.1. The van der Waals surface area contributed by atoms with Gasteiger partial charge in [-0.2, -0.15) is 0 Å². The quantitative estimate of drug-likeness (QED) is 0.245. The number of primary amides is 1. The Kier molecular flexibility index (Phi) is 13.3. The number of amides is 2. The lowest BCUT2D eigenvalue weighted by Gasteiger charge is -2.32. The molecule has 30 heavy (non-hydrogen) atoms. The molecule has 0 aromatic carbocycles. The summed E-state index contributed by atoms with van der Waals surface area (Å²) in [6, 6.07) is 0.316. The van der Waals surface area contributed by atoms with Gasteiger partial charge in [0.15, 0.2) is 5.96 Å². The average Bonchev–Trinajstić information content (AvgIpc) is 2.59. The molecule has 1 atom stereocenters. The van der Waals surface area contributed by atoms with Crippen molar-refractivity contribution in [3.05, 3.63) is 0 Å². The first-order valence-electron chi connectivity index (χ1n) is 10.5. The van der Waals surface area contributed by atoms with Gasteiger partial charge in [-0.15, -0.1) is 24.0 Å². The fraction of sp³-hybridized carbons (Fsp3) is 0.850. The molecule has 1 unspecified atom stereocenters. The van der Waals surface area contributed by atoms with Crippen LogP contribution in [0.15, 0.2) is 4.99 Å². The largest absolute Gasteiger partial charge is 0.444 e. The van der Waals surface area contributed by atoms with Crippen LogP contribution in [0, 0.1) is 5.92 Å². The molecule has 1 saturated heterocycles. The van der Waals surface area contributed by atoms with Gasteiger partial charge in [-0.25, -0.2) is 4.79 Å². The van der Waals surface area contributed by atoms with Gasteiger partial charge >= 0.3 is 6.09 Å². The van der Waals surface area contributed by atoms with E-state index in [0.29, 0.717) is 25.7 Å². The number of carbonyl (C=O) groups excluding carboxylic acids is 2. The smallest absolute Gasteiger partial charge is 0.410 e. The Hall–Kier alpha value is -1.30. The first-order valence-corrected chi connectivity index (χ1v) is 10.5. The highest BCUT2D eigenvalue weighted by molar-refractivity contribution is 14.0. The van der Waals surface area contributed by atoms with Gasteiger partial charge in [-0.05, 0) is 46.5 Å². The molecule has 0 saturated carbocycles. The van der Waals surface area contributed by atoms with Gasteiger partial charge in [0.1, 0.15) is 5.60 Å². The van der Waals surface area contributed by atoms with Crippen LogP contribution in [0.2, 0.25) is 0 Å². The zero-order valence-electron chi connectivity index (χ0n) is 19.4. The second-order valence-electron chi connectivity index (χ2n) is 8.85. The second kappa shape index (κ2) is 13.9. The van der Waals surface area contributed by atoms with Crippen molar-refractivity contribution in [1.82, 2.24) is 20.4 Å². The summed E-state index contributed by atoms with van der Waals surface area (Å²) in [5, 5.41) is 6.77. The molecule has 0 aliphatic carbocycles. The van der Waals surface area contributed by atoms with Crippen molar-refractivity contribution < 1.29 is 14.3 Å². The van der Waals surface area contributed by atoms with E-state index in [4.69, 9.17) is 10.5 Å². The molecule has 0 spiro atoms. The molecule has 2 amide bonds. The lowest BCUT2D eigenvalue weighted by Crippen LogP contribution is -2.50. The molecule has 176 valence electrons. The summed E-state index contributed by atoms with van der Waals surface area (Å²) in [4.78, 5) is 31.5. The molecule has 9 nitrogen and oxygen atoms in total. The highest BCUT2D eigenvalue weighted by Gasteiger charge is 2.22.